The Balaban J connectivity index is 1.58. The molecule has 0 atom stereocenters. The molecule has 2 aliphatic heterocycles. The Bertz CT molecular complexity index is 1950. The van der Waals surface area contributed by atoms with Gasteiger partial charge in [0, 0.05) is 28.3 Å². The van der Waals surface area contributed by atoms with E-state index in [1.807, 2.05) is 12.1 Å². The van der Waals surface area contributed by atoms with Crippen LogP contribution in [0.2, 0.25) is 0 Å². The molecule has 6 aromatic carbocycles. The summed E-state index contributed by atoms with van der Waals surface area (Å²) in [6, 6.07) is 53.5. The maximum atomic E-state index is 10.7. The molecule has 41 heavy (non-hydrogen) atoms. The monoisotopic (exact) mass is 521 g/mol. The summed E-state index contributed by atoms with van der Waals surface area (Å²) in [4.78, 5) is 4.68. The number of hydrogen-bond donors (Lipinski definition) is 0. The first-order valence-electron chi connectivity index (χ1n) is 13.9. The molecule has 0 saturated carbocycles. The average molecular weight is 521 g/mol. The molecule has 8 rings (SSSR count). The largest absolute Gasteiger partial charge is 0.311 e. The fourth-order valence-corrected chi connectivity index (χ4v) is 6.64. The van der Waals surface area contributed by atoms with Crippen LogP contribution in [0.4, 0.5) is 34.1 Å². The summed E-state index contributed by atoms with van der Waals surface area (Å²) in [5.41, 5.74) is 12.9. The lowest BCUT2D eigenvalue weighted by Gasteiger charge is -2.45. The quantitative estimate of drug-likeness (QED) is 0.229. The molecule has 2 aliphatic rings. The molecule has 0 spiro atoms. The fourth-order valence-electron chi connectivity index (χ4n) is 6.64. The van der Waals surface area contributed by atoms with Crippen LogP contribution in [0.5, 0.6) is 0 Å². The van der Waals surface area contributed by atoms with Crippen molar-refractivity contribution in [1.82, 2.24) is 0 Å². The number of hydrogen-bond acceptors (Lipinski definition) is 3. The van der Waals surface area contributed by atoms with Crippen molar-refractivity contribution in [3.63, 3.8) is 0 Å². The zero-order valence-corrected chi connectivity index (χ0v) is 22.3. The minimum Gasteiger partial charge on any atom is -0.311 e. The highest BCUT2D eigenvalue weighted by Crippen LogP contribution is 2.48. The predicted octanol–water partition coefficient (Wildman–Crippen LogP) is 7.31. The third-order valence-corrected chi connectivity index (χ3v) is 8.26. The third kappa shape index (κ3) is 3.46. The van der Waals surface area contributed by atoms with Crippen LogP contribution in [-0.2, 0) is 0 Å². The van der Waals surface area contributed by atoms with E-state index in [4.69, 9.17) is 0 Å². The predicted molar refractivity (Wildman–Crippen MR) is 171 cm³/mol. The van der Waals surface area contributed by atoms with Crippen LogP contribution in [-0.4, -0.2) is 6.71 Å². The topological polar surface area (TPSA) is 30.3 Å². The normalized spacial score (nSPS) is 12.7. The lowest BCUT2D eigenvalue weighted by molar-refractivity contribution is 1.24. The van der Waals surface area contributed by atoms with E-state index >= 15 is 0 Å². The van der Waals surface area contributed by atoms with E-state index in [9.17, 15) is 5.26 Å². The number of fused-ring (bicyclic) bond motifs is 4. The first-order valence-corrected chi connectivity index (χ1v) is 13.9. The van der Waals surface area contributed by atoms with Crippen molar-refractivity contribution in [2.45, 2.75) is 0 Å². The van der Waals surface area contributed by atoms with Crippen LogP contribution >= 0.6 is 0 Å². The number of nitrogens with zero attached hydrogens (tertiary/aromatic N) is 3. The van der Waals surface area contributed by atoms with E-state index in [0.717, 1.165) is 50.7 Å². The maximum Gasteiger partial charge on any atom is 0.252 e. The Kier molecular flexibility index (Phi) is 5.30. The number of nitriles is 1. The minimum absolute atomic E-state index is 0.0249. The average Bonchev–Trinajstić information content (AvgIpc) is 3.05. The molecule has 4 heteroatoms. The second-order valence-corrected chi connectivity index (χ2v) is 10.5. The molecule has 0 unspecified atom stereocenters. The van der Waals surface area contributed by atoms with Gasteiger partial charge in [0.1, 0.15) is 6.07 Å². The molecule has 0 aliphatic carbocycles. The van der Waals surface area contributed by atoms with Crippen molar-refractivity contribution in [1.29, 1.82) is 5.26 Å². The van der Waals surface area contributed by atoms with Crippen LogP contribution in [0.1, 0.15) is 5.56 Å². The van der Waals surface area contributed by atoms with E-state index in [1.165, 1.54) is 10.9 Å². The molecule has 0 radical (unpaired) electrons. The summed E-state index contributed by atoms with van der Waals surface area (Å²) >= 11 is 0. The second kappa shape index (κ2) is 9.29. The molecular weight excluding hydrogens is 497 g/mol. The molecule has 0 bridgehead atoms. The number of benzene rings is 6. The van der Waals surface area contributed by atoms with E-state index in [-0.39, 0.29) is 6.71 Å². The van der Waals surface area contributed by atoms with Gasteiger partial charge in [-0.1, -0.05) is 103 Å². The van der Waals surface area contributed by atoms with Crippen LogP contribution in [0, 0.1) is 11.3 Å². The minimum atomic E-state index is -0.0249. The van der Waals surface area contributed by atoms with Gasteiger partial charge in [0.15, 0.2) is 0 Å². The molecule has 3 nitrogen and oxygen atoms in total. The highest BCUT2D eigenvalue weighted by atomic mass is 15.2. The smallest absolute Gasteiger partial charge is 0.252 e. The van der Waals surface area contributed by atoms with Crippen LogP contribution in [0.15, 0.2) is 146 Å². The van der Waals surface area contributed by atoms with Gasteiger partial charge in [-0.2, -0.15) is 5.26 Å². The van der Waals surface area contributed by atoms with Crippen LogP contribution < -0.4 is 26.2 Å². The summed E-state index contributed by atoms with van der Waals surface area (Å²) in [5.74, 6) is 0. The number of anilines is 6. The van der Waals surface area contributed by atoms with Crippen molar-refractivity contribution in [3.05, 3.63) is 151 Å². The zero-order valence-electron chi connectivity index (χ0n) is 22.3. The molecule has 0 aromatic heterocycles. The second-order valence-electron chi connectivity index (χ2n) is 10.5. The van der Waals surface area contributed by atoms with E-state index < -0.39 is 0 Å². The lowest BCUT2D eigenvalue weighted by Crippen LogP contribution is -2.61. The van der Waals surface area contributed by atoms with Gasteiger partial charge in [0.25, 0.3) is 6.71 Å². The zero-order chi connectivity index (χ0) is 27.3. The highest BCUT2D eigenvalue weighted by molar-refractivity contribution is 7.00. The molecule has 0 amide bonds. The Hall–Kier alpha value is -5.53. The Labute approximate surface area is 240 Å². The molecule has 0 saturated heterocycles. The number of rotatable bonds is 3. The SMILES string of the molecule is N#Cc1cc(-c2ccccc2)c2c3c1N(c1ccccc1)c1ccccc1B3c1ccccc1N2c1ccccc1. The Morgan fingerprint density at radius 1 is 0.512 bits per heavy atom. The van der Waals surface area contributed by atoms with Crippen molar-refractivity contribution in [2.75, 3.05) is 9.80 Å². The van der Waals surface area contributed by atoms with Gasteiger partial charge < -0.3 is 9.80 Å². The van der Waals surface area contributed by atoms with Gasteiger partial charge in [-0.05, 0) is 64.4 Å². The van der Waals surface area contributed by atoms with Gasteiger partial charge in [0.2, 0.25) is 0 Å². The van der Waals surface area contributed by atoms with E-state index in [0.29, 0.717) is 5.56 Å². The summed E-state index contributed by atoms with van der Waals surface area (Å²) in [5, 5.41) is 10.7. The van der Waals surface area contributed by atoms with Crippen molar-refractivity contribution >= 4 is 57.2 Å². The maximum absolute atomic E-state index is 10.7. The van der Waals surface area contributed by atoms with Crippen molar-refractivity contribution in [3.8, 4) is 17.2 Å². The highest BCUT2D eigenvalue weighted by Gasteiger charge is 2.45. The third-order valence-electron chi connectivity index (χ3n) is 8.26. The first-order chi connectivity index (χ1) is 20.3. The van der Waals surface area contributed by atoms with Gasteiger partial charge in [-0.15, -0.1) is 0 Å². The van der Waals surface area contributed by atoms with Gasteiger partial charge in [-0.3, -0.25) is 0 Å². The van der Waals surface area contributed by atoms with Crippen LogP contribution in [0.3, 0.4) is 0 Å². The van der Waals surface area contributed by atoms with Crippen molar-refractivity contribution < 1.29 is 0 Å². The molecule has 6 aromatic rings. The van der Waals surface area contributed by atoms with Gasteiger partial charge >= 0.3 is 0 Å². The van der Waals surface area contributed by atoms with Crippen molar-refractivity contribution in [2.24, 2.45) is 0 Å². The van der Waals surface area contributed by atoms with E-state index in [2.05, 4.69) is 149 Å². The Morgan fingerprint density at radius 3 is 1.51 bits per heavy atom. The Morgan fingerprint density at radius 2 is 0.976 bits per heavy atom. The van der Waals surface area contributed by atoms with E-state index in [1.54, 1.807) is 0 Å². The molecule has 2 heterocycles. The fraction of sp³-hybridized carbons (Fsp3) is 0. The van der Waals surface area contributed by atoms with Gasteiger partial charge in [-0.25, -0.2) is 0 Å². The van der Waals surface area contributed by atoms with Gasteiger partial charge in [0.05, 0.1) is 16.9 Å². The standard InChI is InChI=1S/C37H24BN3/c39-25-27-24-30(26-14-4-1-5-15-26)37-35-36(27)40(28-16-6-2-7-17-28)33-22-12-10-20-31(33)38(35)32-21-11-13-23-34(32)41(37)29-18-8-3-9-19-29/h1-24H. The van der Waals surface area contributed by atoms with Crippen LogP contribution in [0.25, 0.3) is 11.1 Å². The summed E-state index contributed by atoms with van der Waals surface area (Å²) in [7, 11) is 0. The molecule has 0 N–H and O–H groups in total. The summed E-state index contributed by atoms with van der Waals surface area (Å²) < 4.78 is 0. The first kappa shape index (κ1) is 23.4. The summed E-state index contributed by atoms with van der Waals surface area (Å²) in [6.07, 6.45) is 0. The molecule has 0 fully saturated rings. The lowest BCUT2D eigenvalue weighted by atomic mass is 9.33. The summed E-state index contributed by atoms with van der Waals surface area (Å²) in [6.45, 7) is -0.0249. The number of para-hydroxylation sites is 4. The molecular formula is C37H24BN3. The molecule has 190 valence electrons.